The zero-order valence-electron chi connectivity index (χ0n) is 8.05. The van der Waals surface area contributed by atoms with Gasteiger partial charge >= 0.3 is 0 Å². The molecule has 0 atom stereocenters. The number of hydrogen-bond acceptors (Lipinski definition) is 2. The molecule has 1 aliphatic rings. The van der Waals surface area contributed by atoms with E-state index in [1.54, 1.807) is 0 Å². The van der Waals surface area contributed by atoms with E-state index in [1.807, 2.05) is 0 Å². The number of halogens is 1. The van der Waals surface area contributed by atoms with Crippen molar-refractivity contribution in [3.63, 3.8) is 0 Å². The summed E-state index contributed by atoms with van der Waals surface area (Å²) in [5.74, 6) is 0.352. The van der Waals surface area contributed by atoms with Crippen LogP contribution in [-0.4, -0.2) is 25.8 Å². The molecule has 0 aromatic heterocycles. The van der Waals surface area contributed by atoms with Crippen LogP contribution >= 0.6 is 15.9 Å². The Morgan fingerprint density at radius 3 is 2.15 bits per heavy atom. The summed E-state index contributed by atoms with van der Waals surface area (Å²) >= 11 is 3.46. The Morgan fingerprint density at radius 1 is 1.23 bits per heavy atom. The maximum atomic E-state index is 11.2. The van der Waals surface area contributed by atoms with E-state index in [4.69, 9.17) is 0 Å². The van der Waals surface area contributed by atoms with Crippen LogP contribution < -0.4 is 0 Å². The molecule has 0 aromatic rings. The first-order valence-corrected chi connectivity index (χ1v) is 7.89. The summed E-state index contributed by atoms with van der Waals surface area (Å²) in [6.45, 7) is 0. The van der Waals surface area contributed by atoms with Gasteiger partial charge in [0.1, 0.15) is 9.84 Å². The first-order valence-electron chi connectivity index (χ1n) is 4.71. The van der Waals surface area contributed by atoms with Crippen molar-refractivity contribution in [2.75, 3.05) is 17.3 Å². The van der Waals surface area contributed by atoms with Crippen LogP contribution in [0.15, 0.2) is 0 Å². The smallest absolute Gasteiger partial charge is 0.148 e. The molecule has 4 heteroatoms. The SMILES string of the molecule is CS(=O)(=O)CC1(CBr)CCCCC1. The molecule has 1 rings (SSSR count). The monoisotopic (exact) mass is 268 g/mol. The van der Waals surface area contributed by atoms with Crippen LogP contribution in [0.3, 0.4) is 0 Å². The van der Waals surface area contributed by atoms with Crippen LogP contribution in [0.25, 0.3) is 0 Å². The highest BCUT2D eigenvalue weighted by atomic mass is 79.9. The van der Waals surface area contributed by atoms with Gasteiger partial charge in [-0.05, 0) is 18.3 Å². The second-order valence-electron chi connectivity index (χ2n) is 4.26. The highest BCUT2D eigenvalue weighted by Crippen LogP contribution is 2.38. The third-order valence-corrected chi connectivity index (χ3v) is 5.09. The van der Waals surface area contributed by atoms with Gasteiger partial charge in [-0.2, -0.15) is 0 Å². The fourth-order valence-electron chi connectivity index (χ4n) is 2.17. The van der Waals surface area contributed by atoms with Crippen molar-refractivity contribution in [2.24, 2.45) is 5.41 Å². The molecule has 0 N–H and O–H groups in total. The van der Waals surface area contributed by atoms with Gasteiger partial charge in [0.2, 0.25) is 0 Å². The Balaban J connectivity index is 2.68. The van der Waals surface area contributed by atoms with E-state index in [0.29, 0.717) is 5.75 Å². The minimum Gasteiger partial charge on any atom is -0.229 e. The molecule has 0 bridgehead atoms. The summed E-state index contributed by atoms with van der Waals surface area (Å²) < 4.78 is 22.5. The summed E-state index contributed by atoms with van der Waals surface area (Å²) in [4.78, 5) is 0. The van der Waals surface area contributed by atoms with Crippen LogP contribution in [0, 0.1) is 5.41 Å². The van der Waals surface area contributed by atoms with Crippen molar-refractivity contribution in [3.8, 4) is 0 Å². The lowest BCUT2D eigenvalue weighted by molar-refractivity contribution is 0.256. The number of sulfone groups is 1. The highest BCUT2D eigenvalue weighted by molar-refractivity contribution is 9.09. The lowest BCUT2D eigenvalue weighted by atomic mass is 9.77. The Hall–Kier alpha value is 0.430. The summed E-state index contributed by atoms with van der Waals surface area (Å²) in [5.41, 5.74) is 0.0336. The maximum absolute atomic E-state index is 11.2. The normalized spacial score (nSPS) is 22.9. The van der Waals surface area contributed by atoms with Gasteiger partial charge in [0.25, 0.3) is 0 Å². The topological polar surface area (TPSA) is 34.1 Å². The number of rotatable bonds is 3. The largest absolute Gasteiger partial charge is 0.229 e. The van der Waals surface area contributed by atoms with Crippen LogP contribution in [0.4, 0.5) is 0 Å². The molecular formula is C9H17BrO2S. The molecule has 0 aromatic carbocycles. The number of alkyl halides is 1. The van der Waals surface area contributed by atoms with Crippen molar-refractivity contribution in [1.29, 1.82) is 0 Å². The van der Waals surface area contributed by atoms with E-state index in [-0.39, 0.29) is 5.41 Å². The lowest BCUT2D eigenvalue weighted by Gasteiger charge is -2.34. The first kappa shape index (κ1) is 11.5. The molecule has 0 heterocycles. The zero-order chi connectivity index (χ0) is 9.95. The molecule has 0 saturated heterocycles. The summed E-state index contributed by atoms with van der Waals surface area (Å²) in [5, 5.41) is 0.826. The van der Waals surface area contributed by atoms with E-state index in [2.05, 4.69) is 15.9 Å². The van der Waals surface area contributed by atoms with Crippen molar-refractivity contribution < 1.29 is 8.42 Å². The standard InChI is InChI=1S/C9H17BrO2S/c1-13(11,12)8-9(7-10)5-3-2-4-6-9/h2-8H2,1H3. The summed E-state index contributed by atoms with van der Waals surface area (Å²) in [6.07, 6.45) is 7.09. The maximum Gasteiger partial charge on any atom is 0.148 e. The molecular weight excluding hydrogens is 252 g/mol. The van der Waals surface area contributed by atoms with Gasteiger partial charge in [0.15, 0.2) is 0 Å². The number of hydrogen-bond donors (Lipinski definition) is 0. The molecule has 78 valence electrons. The zero-order valence-corrected chi connectivity index (χ0v) is 10.5. The fourth-order valence-corrected chi connectivity index (χ4v) is 4.70. The van der Waals surface area contributed by atoms with E-state index in [9.17, 15) is 8.42 Å². The molecule has 0 amide bonds. The summed E-state index contributed by atoms with van der Waals surface area (Å²) in [6, 6.07) is 0. The van der Waals surface area contributed by atoms with Crippen LogP contribution in [-0.2, 0) is 9.84 Å². The summed E-state index contributed by atoms with van der Waals surface area (Å²) in [7, 11) is -2.82. The average Bonchev–Trinajstić information content (AvgIpc) is 2.03. The second-order valence-corrected chi connectivity index (χ2v) is 6.97. The van der Waals surface area contributed by atoms with Gasteiger partial charge in [0, 0.05) is 11.6 Å². The lowest BCUT2D eigenvalue weighted by Crippen LogP contribution is -2.33. The van der Waals surface area contributed by atoms with Crippen LogP contribution in [0.2, 0.25) is 0 Å². The molecule has 0 spiro atoms. The molecule has 0 unspecified atom stereocenters. The Kier molecular flexibility index (Phi) is 3.81. The van der Waals surface area contributed by atoms with Gasteiger partial charge in [0.05, 0.1) is 5.75 Å². The average molecular weight is 269 g/mol. The quantitative estimate of drug-likeness (QED) is 0.737. The van der Waals surface area contributed by atoms with Crippen molar-refractivity contribution >= 4 is 25.8 Å². The Bertz CT molecular complexity index is 253. The van der Waals surface area contributed by atoms with Gasteiger partial charge in [-0.3, -0.25) is 0 Å². The highest BCUT2D eigenvalue weighted by Gasteiger charge is 2.34. The van der Waals surface area contributed by atoms with Crippen molar-refractivity contribution in [1.82, 2.24) is 0 Å². The molecule has 0 aliphatic heterocycles. The predicted octanol–water partition coefficient (Wildman–Crippen LogP) is 2.38. The minimum atomic E-state index is -2.82. The molecule has 13 heavy (non-hydrogen) atoms. The van der Waals surface area contributed by atoms with Crippen LogP contribution in [0.1, 0.15) is 32.1 Å². The fraction of sp³-hybridized carbons (Fsp3) is 1.00. The predicted molar refractivity (Wildman–Crippen MR) is 59.0 cm³/mol. The van der Waals surface area contributed by atoms with Crippen molar-refractivity contribution in [2.45, 2.75) is 32.1 Å². The Morgan fingerprint density at radius 2 is 1.77 bits per heavy atom. The third-order valence-electron chi connectivity index (χ3n) is 2.77. The van der Waals surface area contributed by atoms with Crippen LogP contribution in [0.5, 0.6) is 0 Å². The molecule has 0 radical (unpaired) electrons. The molecule has 1 fully saturated rings. The van der Waals surface area contributed by atoms with Gasteiger partial charge in [-0.25, -0.2) is 8.42 Å². The first-order chi connectivity index (χ1) is 5.97. The van der Waals surface area contributed by atoms with Gasteiger partial charge < -0.3 is 0 Å². The third kappa shape index (κ3) is 3.58. The minimum absolute atomic E-state index is 0.0336. The van der Waals surface area contributed by atoms with E-state index < -0.39 is 9.84 Å². The molecule has 2 nitrogen and oxygen atoms in total. The Labute approximate surface area is 89.1 Å². The second kappa shape index (κ2) is 4.30. The van der Waals surface area contributed by atoms with Gasteiger partial charge in [-0.15, -0.1) is 0 Å². The molecule has 1 aliphatic carbocycles. The van der Waals surface area contributed by atoms with E-state index >= 15 is 0 Å². The van der Waals surface area contributed by atoms with Gasteiger partial charge in [-0.1, -0.05) is 35.2 Å². The van der Waals surface area contributed by atoms with Crippen molar-refractivity contribution in [3.05, 3.63) is 0 Å². The van der Waals surface area contributed by atoms with E-state index in [1.165, 1.54) is 25.5 Å². The van der Waals surface area contributed by atoms with E-state index in [0.717, 1.165) is 18.2 Å². The molecule has 1 saturated carbocycles.